The van der Waals surface area contributed by atoms with Gasteiger partial charge in [0.25, 0.3) is 0 Å². The third-order valence-electron chi connectivity index (χ3n) is 2.19. The highest BCUT2D eigenvalue weighted by Gasteiger charge is 1.94. The zero-order chi connectivity index (χ0) is 14.6. The minimum absolute atomic E-state index is 0.359. The minimum atomic E-state index is -0.388. The van der Waals surface area contributed by atoms with Gasteiger partial charge in [0.1, 0.15) is 0 Å². The molecular weight excluding hydrogens is 248 g/mol. The Morgan fingerprint density at radius 2 is 2.00 bits per heavy atom. The third-order valence-corrected chi connectivity index (χ3v) is 2.19. The molecule has 0 heterocycles. The van der Waals surface area contributed by atoms with Crippen LogP contribution in [0.4, 0.5) is 0 Å². The van der Waals surface area contributed by atoms with Crippen LogP contribution in [0, 0.1) is 23.7 Å². The van der Waals surface area contributed by atoms with Crippen LogP contribution in [0.3, 0.4) is 0 Å². The summed E-state index contributed by atoms with van der Waals surface area (Å²) in [5, 5.41) is 0. The molecule has 0 atom stereocenters. The summed E-state index contributed by atoms with van der Waals surface area (Å²) in [6.45, 7) is 5.74. The van der Waals surface area contributed by atoms with Crippen molar-refractivity contribution >= 4 is 5.97 Å². The van der Waals surface area contributed by atoms with E-state index in [4.69, 9.17) is 4.74 Å². The first-order chi connectivity index (χ1) is 9.77. The average molecular weight is 264 g/mol. The summed E-state index contributed by atoms with van der Waals surface area (Å²) in [6.07, 6.45) is 5.18. The normalized spacial score (nSPS) is 9.05. The number of benzene rings is 1. The molecule has 0 fully saturated rings. The zero-order valence-electron chi connectivity index (χ0n) is 11.5. The number of hydrogen-bond donors (Lipinski definition) is 0. The van der Waals surface area contributed by atoms with Crippen molar-refractivity contribution in [1.29, 1.82) is 0 Å². The van der Waals surface area contributed by atoms with E-state index < -0.39 is 0 Å². The first kappa shape index (κ1) is 15.3. The maximum absolute atomic E-state index is 11.1. The Morgan fingerprint density at radius 3 is 2.65 bits per heavy atom. The van der Waals surface area contributed by atoms with E-state index in [0.29, 0.717) is 13.0 Å². The van der Waals surface area contributed by atoms with E-state index in [0.717, 1.165) is 11.1 Å². The van der Waals surface area contributed by atoms with Crippen molar-refractivity contribution in [2.45, 2.75) is 13.3 Å². The second-order valence-corrected chi connectivity index (χ2v) is 3.69. The molecule has 0 saturated carbocycles. The fraction of sp³-hybridized carbons (Fsp3) is 0.167. The van der Waals surface area contributed by atoms with Gasteiger partial charge in [-0.15, -0.1) is 6.58 Å². The van der Waals surface area contributed by atoms with Gasteiger partial charge in [-0.2, -0.15) is 0 Å². The molecule has 0 unspecified atom stereocenters. The first-order valence-corrected chi connectivity index (χ1v) is 6.31. The van der Waals surface area contributed by atoms with Crippen molar-refractivity contribution < 1.29 is 9.53 Å². The second kappa shape index (κ2) is 9.25. The lowest BCUT2D eigenvalue weighted by Gasteiger charge is -1.94. The third kappa shape index (κ3) is 5.76. The smallest absolute Gasteiger partial charge is 0.331 e. The van der Waals surface area contributed by atoms with Gasteiger partial charge in [0.05, 0.1) is 6.61 Å². The van der Waals surface area contributed by atoms with Crippen LogP contribution >= 0.6 is 0 Å². The quantitative estimate of drug-likeness (QED) is 0.363. The van der Waals surface area contributed by atoms with E-state index in [-0.39, 0.29) is 5.97 Å². The monoisotopic (exact) mass is 264 g/mol. The van der Waals surface area contributed by atoms with Gasteiger partial charge in [0.15, 0.2) is 0 Å². The number of ether oxygens (including phenoxy) is 1. The van der Waals surface area contributed by atoms with Crippen molar-refractivity contribution in [2.24, 2.45) is 0 Å². The second-order valence-electron chi connectivity index (χ2n) is 3.69. The van der Waals surface area contributed by atoms with E-state index in [1.165, 1.54) is 12.2 Å². The van der Waals surface area contributed by atoms with Gasteiger partial charge in [0.2, 0.25) is 0 Å². The summed E-state index contributed by atoms with van der Waals surface area (Å²) in [6, 6.07) is 7.62. The van der Waals surface area contributed by atoms with E-state index in [2.05, 4.69) is 30.3 Å². The van der Waals surface area contributed by atoms with Crippen LogP contribution in [0.15, 0.2) is 49.1 Å². The van der Waals surface area contributed by atoms with Gasteiger partial charge >= 0.3 is 5.97 Å². The van der Waals surface area contributed by atoms with Crippen LogP contribution in [0.25, 0.3) is 0 Å². The predicted molar refractivity (Wildman–Crippen MR) is 80.8 cm³/mol. The maximum Gasteiger partial charge on any atom is 0.331 e. The topological polar surface area (TPSA) is 26.3 Å². The molecule has 100 valence electrons. The molecular formula is C18H16O2. The molecule has 0 N–H and O–H groups in total. The number of rotatable bonds is 3. The van der Waals surface area contributed by atoms with Crippen molar-refractivity contribution in [3.8, 4) is 23.7 Å². The SMILES string of the molecule is C=CCC#Cc1ccccc1C#C/C=C/C(=O)OCC. The Kier molecular flexibility index (Phi) is 7.10. The molecule has 0 aliphatic rings. The fourth-order valence-electron chi connectivity index (χ4n) is 1.34. The molecule has 1 aromatic rings. The summed E-state index contributed by atoms with van der Waals surface area (Å²) in [5.74, 6) is 11.4. The highest BCUT2D eigenvalue weighted by atomic mass is 16.5. The van der Waals surface area contributed by atoms with E-state index in [1.807, 2.05) is 24.3 Å². The molecule has 1 rings (SSSR count). The molecule has 0 bridgehead atoms. The number of allylic oxidation sites excluding steroid dienone is 2. The minimum Gasteiger partial charge on any atom is -0.463 e. The number of carbonyl (C=O) groups is 1. The molecule has 0 amide bonds. The van der Waals surface area contributed by atoms with Gasteiger partial charge in [-0.3, -0.25) is 0 Å². The Bertz CT molecular complexity index is 616. The first-order valence-electron chi connectivity index (χ1n) is 6.31. The van der Waals surface area contributed by atoms with E-state index in [9.17, 15) is 4.79 Å². The Balaban J connectivity index is 2.81. The lowest BCUT2D eigenvalue weighted by atomic mass is 10.1. The Morgan fingerprint density at radius 1 is 1.30 bits per heavy atom. The van der Waals surface area contributed by atoms with Crippen LogP contribution in [0.2, 0.25) is 0 Å². The standard InChI is InChI=1S/C18H16O2/c1-3-5-6-11-16-12-7-8-13-17(16)14-9-10-15-18(19)20-4-2/h3,7-8,10,12-13,15H,1,4-5H2,2H3/b15-10+. The lowest BCUT2D eigenvalue weighted by Crippen LogP contribution is -1.98. The summed E-state index contributed by atoms with van der Waals surface area (Å²) in [5.41, 5.74) is 1.70. The highest BCUT2D eigenvalue weighted by Crippen LogP contribution is 2.05. The van der Waals surface area contributed by atoms with Crippen LogP contribution < -0.4 is 0 Å². The molecule has 0 saturated heterocycles. The molecule has 2 heteroatoms. The molecule has 0 aromatic heterocycles. The molecule has 1 aromatic carbocycles. The number of hydrogen-bond acceptors (Lipinski definition) is 2. The summed E-state index contributed by atoms with van der Waals surface area (Å²) in [7, 11) is 0. The largest absolute Gasteiger partial charge is 0.463 e. The van der Waals surface area contributed by atoms with Gasteiger partial charge in [-0.25, -0.2) is 4.79 Å². The predicted octanol–water partition coefficient (Wildman–Crippen LogP) is 3.09. The summed E-state index contributed by atoms with van der Waals surface area (Å²) >= 11 is 0. The number of esters is 1. The van der Waals surface area contributed by atoms with Gasteiger partial charge in [-0.05, 0) is 25.1 Å². The van der Waals surface area contributed by atoms with Crippen molar-refractivity contribution in [1.82, 2.24) is 0 Å². The average Bonchev–Trinajstić information content (AvgIpc) is 2.45. The fourth-order valence-corrected chi connectivity index (χ4v) is 1.34. The highest BCUT2D eigenvalue weighted by molar-refractivity contribution is 5.82. The van der Waals surface area contributed by atoms with E-state index in [1.54, 1.807) is 13.0 Å². The molecule has 20 heavy (non-hydrogen) atoms. The van der Waals surface area contributed by atoms with Crippen molar-refractivity contribution in [2.75, 3.05) is 6.61 Å². The van der Waals surface area contributed by atoms with Crippen LogP contribution in [-0.2, 0) is 9.53 Å². The molecule has 0 radical (unpaired) electrons. The summed E-state index contributed by atoms with van der Waals surface area (Å²) < 4.78 is 4.76. The summed E-state index contributed by atoms with van der Waals surface area (Å²) in [4.78, 5) is 11.1. The number of carbonyl (C=O) groups excluding carboxylic acids is 1. The van der Waals surface area contributed by atoms with Crippen molar-refractivity contribution in [3.63, 3.8) is 0 Å². The van der Waals surface area contributed by atoms with Gasteiger partial charge in [0, 0.05) is 23.6 Å². The molecule has 0 aliphatic carbocycles. The van der Waals surface area contributed by atoms with E-state index >= 15 is 0 Å². The van der Waals surface area contributed by atoms with Crippen molar-refractivity contribution in [3.05, 3.63) is 60.2 Å². The maximum atomic E-state index is 11.1. The molecule has 0 spiro atoms. The van der Waals surface area contributed by atoms with Crippen LogP contribution in [0.1, 0.15) is 24.5 Å². The Labute approximate surface area is 120 Å². The van der Waals surface area contributed by atoms with Gasteiger partial charge in [-0.1, -0.05) is 41.9 Å². The Hall–Kier alpha value is -2.71. The molecule has 2 nitrogen and oxygen atoms in total. The van der Waals surface area contributed by atoms with Crippen LogP contribution in [-0.4, -0.2) is 12.6 Å². The molecule has 0 aliphatic heterocycles. The van der Waals surface area contributed by atoms with Gasteiger partial charge < -0.3 is 4.74 Å². The van der Waals surface area contributed by atoms with Crippen LogP contribution in [0.5, 0.6) is 0 Å². The lowest BCUT2D eigenvalue weighted by molar-refractivity contribution is -0.137. The zero-order valence-corrected chi connectivity index (χ0v) is 11.5.